The van der Waals surface area contributed by atoms with Crippen molar-refractivity contribution in [2.45, 2.75) is 19.5 Å². The van der Waals surface area contributed by atoms with Gasteiger partial charge in [-0.05, 0) is 36.2 Å². The third-order valence-electron chi connectivity index (χ3n) is 2.98. The topological polar surface area (TPSA) is 68.0 Å². The van der Waals surface area contributed by atoms with Gasteiger partial charge in [-0.2, -0.15) is 0 Å². The fourth-order valence-electron chi connectivity index (χ4n) is 1.79. The quantitative estimate of drug-likeness (QED) is 0.878. The number of amides is 1. The first-order chi connectivity index (χ1) is 9.20. The Morgan fingerprint density at radius 2 is 2.05 bits per heavy atom. The smallest absolute Gasteiger partial charge is 0.251 e. The van der Waals surface area contributed by atoms with Crippen molar-refractivity contribution in [3.05, 3.63) is 65.5 Å². The normalized spacial score (nSPS) is 11.9. The Balaban J connectivity index is 2.04. The highest BCUT2D eigenvalue weighted by atomic mass is 16.1. The monoisotopic (exact) mass is 255 g/mol. The van der Waals surface area contributed by atoms with Gasteiger partial charge in [-0.3, -0.25) is 9.78 Å². The summed E-state index contributed by atoms with van der Waals surface area (Å²) in [6.07, 6.45) is 3.46. The Bertz CT molecular complexity index is 537. The molecule has 0 aliphatic heterocycles. The van der Waals surface area contributed by atoms with Crippen LogP contribution in [0, 0.1) is 0 Å². The van der Waals surface area contributed by atoms with Crippen LogP contribution in [0.5, 0.6) is 0 Å². The highest BCUT2D eigenvalue weighted by molar-refractivity contribution is 5.94. The molecule has 1 heterocycles. The van der Waals surface area contributed by atoms with Crippen LogP contribution in [-0.4, -0.2) is 10.9 Å². The molecule has 0 spiro atoms. The van der Waals surface area contributed by atoms with Gasteiger partial charge >= 0.3 is 0 Å². The van der Waals surface area contributed by atoms with Gasteiger partial charge in [0.25, 0.3) is 5.91 Å². The molecular weight excluding hydrogens is 238 g/mol. The number of nitrogens with zero attached hydrogens (tertiary/aromatic N) is 1. The zero-order valence-electron chi connectivity index (χ0n) is 10.8. The summed E-state index contributed by atoms with van der Waals surface area (Å²) in [5, 5.41) is 2.94. The summed E-state index contributed by atoms with van der Waals surface area (Å²) in [4.78, 5) is 16.1. The van der Waals surface area contributed by atoms with Gasteiger partial charge in [-0.25, -0.2) is 0 Å². The fourth-order valence-corrected chi connectivity index (χ4v) is 1.79. The second-order valence-electron chi connectivity index (χ2n) is 4.38. The van der Waals surface area contributed by atoms with Gasteiger partial charge in [0.15, 0.2) is 0 Å². The summed E-state index contributed by atoms with van der Waals surface area (Å²) in [6.45, 7) is 2.41. The molecule has 1 aromatic heterocycles. The van der Waals surface area contributed by atoms with Crippen molar-refractivity contribution in [2.24, 2.45) is 5.73 Å². The van der Waals surface area contributed by atoms with E-state index in [-0.39, 0.29) is 11.9 Å². The van der Waals surface area contributed by atoms with Gasteiger partial charge in [0.05, 0.1) is 6.04 Å². The minimum atomic E-state index is -0.0973. The van der Waals surface area contributed by atoms with E-state index in [0.717, 1.165) is 11.1 Å². The lowest BCUT2D eigenvalue weighted by Crippen LogP contribution is -2.26. The molecule has 4 heteroatoms. The van der Waals surface area contributed by atoms with Gasteiger partial charge in [0.1, 0.15) is 0 Å². The third-order valence-corrected chi connectivity index (χ3v) is 2.98. The summed E-state index contributed by atoms with van der Waals surface area (Å²) in [7, 11) is 0. The average Bonchev–Trinajstić information content (AvgIpc) is 2.48. The molecule has 2 aromatic rings. The van der Waals surface area contributed by atoms with Gasteiger partial charge < -0.3 is 11.1 Å². The van der Waals surface area contributed by atoms with Crippen LogP contribution < -0.4 is 11.1 Å². The summed E-state index contributed by atoms with van der Waals surface area (Å²) in [6, 6.07) is 11.0. The molecule has 98 valence electrons. The van der Waals surface area contributed by atoms with Crippen molar-refractivity contribution in [2.75, 3.05) is 0 Å². The Labute approximate surface area is 112 Å². The SMILES string of the molecule is CC(NC(=O)c1ccc(CN)cc1)c1cccnc1. The maximum Gasteiger partial charge on any atom is 0.251 e. The number of aromatic nitrogens is 1. The molecule has 0 bridgehead atoms. The van der Waals surface area contributed by atoms with E-state index in [2.05, 4.69) is 10.3 Å². The maximum atomic E-state index is 12.1. The molecule has 3 N–H and O–H groups in total. The second-order valence-corrected chi connectivity index (χ2v) is 4.38. The zero-order valence-corrected chi connectivity index (χ0v) is 10.8. The summed E-state index contributed by atoms with van der Waals surface area (Å²) in [5.74, 6) is -0.0973. The first kappa shape index (κ1) is 13.2. The van der Waals surface area contributed by atoms with E-state index in [9.17, 15) is 4.79 Å². The van der Waals surface area contributed by atoms with Gasteiger partial charge in [-0.15, -0.1) is 0 Å². The van der Waals surface area contributed by atoms with Crippen molar-refractivity contribution in [1.82, 2.24) is 10.3 Å². The molecule has 19 heavy (non-hydrogen) atoms. The predicted octanol–water partition coefficient (Wildman–Crippen LogP) is 2.03. The van der Waals surface area contributed by atoms with Crippen LogP contribution in [0.1, 0.15) is 34.5 Å². The molecule has 1 aromatic carbocycles. The average molecular weight is 255 g/mol. The van der Waals surface area contributed by atoms with Crippen LogP contribution in [0.25, 0.3) is 0 Å². The molecule has 4 nitrogen and oxygen atoms in total. The Morgan fingerprint density at radius 1 is 1.32 bits per heavy atom. The first-order valence-corrected chi connectivity index (χ1v) is 6.20. The van der Waals surface area contributed by atoms with Gasteiger partial charge in [0, 0.05) is 24.5 Å². The van der Waals surface area contributed by atoms with Crippen LogP contribution in [0.3, 0.4) is 0 Å². The minimum Gasteiger partial charge on any atom is -0.345 e. The Morgan fingerprint density at radius 3 is 2.63 bits per heavy atom. The van der Waals surface area contributed by atoms with E-state index >= 15 is 0 Å². The molecule has 0 aliphatic carbocycles. The van der Waals surface area contributed by atoms with E-state index in [4.69, 9.17) is 5.73 Å². The summed E-state index contributed by atoms with van der Waals surface area (Å²) >= 11 is 0. The standard InChI is InChI=1S/C15H17N3O/c1-11(14-3-2-8-17-10-14)18-15(19)13-6-4-12(9-16)5-7-13/h2-8,10-11H,9,16H2,1H3,(H,18,19). The van der Waals surface area contributed by atoms with E-state index in [1.165, 1.54) is 0 Å². The Kier molecular flexibility index (Phi) is 4.26. The van der Waals surface area contributed by atoms with Crippen LogP contribution in [0.2, 0.25) is 0 Å². The van der Waals surface area contributed by atoms with Crippen molar-refractivity contribution < 1.29 is 4.79 Å². The molecule has 0 radical (unpaired) electrons. The van der Waals surface area contributed by atoms with Gasteiger partial charge in [-0.1, -0.05) is 18.2 Å². The number of nitrogens with one attached hydrogen (secondary N) is 1. The molecule has 1 amide bonds. The predicted molar refractivity (Wildman–Crippen MR) is 74.5 cm³/mol. The molecule has 0 aliphatic rings. The molecule has 0 fully saturated rings. The molecule has 1 atom stereocenters. The summed E-state index contributed by atoms with van der Waals surface area (Å²) in [5.41, 5.74) is 8.15. The number of pyridine rings is 1. The lowest BCUT2D eigenvalue weighted by Gasteiger charge is -2.14. The molecule has 0 saturated carbocycles. The molecule has 0 saturated heterocycles. The van der Waals surface area contributed by atoms with Crippen LogP contribution >= 0.6 is 0 Å². The highest BCUT2D eigenvalue weighted by Crippen LogP contribution is 2.11. The zero-order chi connectivity index (χ0) is 13.7. The van der Waals surface area contributed by atoms with Gasteiger partial charge in [0.2, 0.25) is 0 Å². The highest BCUT2D eigenvalue weighted by Gasteiger charge is 2.11. The Hall–Kier alpha value is -2.20. The molecule has 2 rings (SSSR count). The maximum absolute atomic E-state index is 12.1. The number of carbonyl (C=O) groups excluding carboxylic acids is 1. The number of hydrogen-bond donors (Lipinski definition) is 2. The lowest BCUT2D eigenvalue weighted by atomic mass is 10.1. The van der Waals surface area contributed by atoms with Crippen molar-refractivity contribution >= 4 is 5.91 Å². The van der Waals surface area contributed by atoms with Crippen LogP contribution in [0.4, 0.5) is 0 Å². The van der Waals surface area contributed by atoms with E-state index in [0.29, 0.717) is 12.1 Å². The minimum absolute atomic E-state index is 0.0737. The van der Waals surface area contributed by atoms with Crippen LogP contribution in [0.15, 0.2) is 48.8 Å². The van der Waals surface area contributed by atoms with Crippen molar-refractivity contribution in [3.63, 3.8) is 0 Å². The largest absolute Gasteiger partial charge is 0.345 e. The first-order valence-electron chi connectivity index (χ1n) is 6.20. The fraction of sp³-hybridized carbons (Fsp3) is 0.200. The van der Waals surface area contributed by atoms with E-state index in [1.54, 1.807) is 24.5 Å². The molecular formula is C15H17N3O. The van der Waals surface area contributed by atoms with Crippen molar-refractivity contribution in [3.8, 4) is 0 Å². The third kappa shape index (κ3) is 3.39. The van der Waals surface area contributed by atoms with E-state index in [1.807, 2.05) is 31.2 Å². The second kappa shape index (κ2) is 6.11. The number of rotatable bonds is 4. The number of hydrogen-bond acceptors (Lipinski definition) is 3. The molecule has 1 unspecified atom stereocenters. The number of carbonyl (C=O) groups is 1. The van der Waals surface area contributed by atoms with E-state index < -0.39 is 0 Å². The number of benzene rings is 1. The summed E-state index contributed by atoms with van der Waals surface area (Å²) < 4.78 is 0. The lowest BCUT2D eigenvalue weighted by molar-refractivity contribution is 0.0940. The van der Waals surface area contributed by atoms with Crippen LogP contribution in [-0.2, 0) is 6.54 Å². The van der Waals surface area contributed by atoms with Crippen molar-refractivity contribution in [1.29, 1.82) is 0 Å². The number of nitrogens with two attached hydrogens (primary N) is 1.